The van der Waals surface area contributed by atoms with E-state index in [9.17, 15) is 9.59 Å². The van der Waals surface area contributed by atoms with Gasteiger partial charge in [0.05, 0.1) is 5.92 Å². The Morgan fingerprint density at radius 3 is 2.63 bits per heavy atom. The van der Waals surface area contributed by atoms with Crippen LogP contribution in [0.15, 0.2) is 24.3 Å². The number of likely N-dealkylation sites (tertiary alicyclic amines) is 1. The zero-order valence-electron chi connectivity index (χ0n) is 10.2. The number of carboxylic acid groups (broad SMARTS) is 1. The van der Waals surface area contributed by atoms with Crippen molar-refractivity contribution in [2.75, 3.05) is 19.7 Å². The van der Waals surface area contributed by atoms with Crippen LogP contribution in [-0.2, 0) is 9.59 Å². The molecule has 1 saturated heterocycles. The topological polar surface area (TPSA) is 66.8 Å². The first-order chi connectivity index (χ1) is 9.06. The molecule has 1 fully saturated rings. The summed E-state index contributed by atoms with van der Waals surface area (Å²) in [5, 5.41) is 9.46. The lowest BCUT2D eigenvalue weighted by atomic mass is 10.1. The van der Waals surface area contributed by atoms with Gasteiger partial charge in [-0.3, -0.25) is 9.59 Å². The fourth-order valence-electron chi connectivity index (χ4n) is 1.96. The third kappa shape index (κ3) is 3.61. The van der Waals surface area contributed by atoms with Crippen LogP contribution < -0.4 is 4.74 Å². The van der Waals surface area contributed by atoms with Crippen molar-refractivity contribution in [2.24, 2.45) is 5.92 Å². The maximum absolute atomic E-state index is 11.8. The van der Waals surface area contributed by atoms with Crippen LogP contribution in [0.5, 0.6) is 5.75 Å². The Kier molecular flexibility index (Phi) is 4.27. The predicted molar refractivity (Wildman–Crippen MR) is 69.3 cm³/mol. The van der Waals surface area contributed by atoms with E-state index in [1.807, 2.05) is 0 Å². The van der Waals surface area contributed by atoms with Crippen molar-refractivity contribution in [3.8, 4) is 5.75 Å². The Balaban J connectivity index is 1.82. The van der Waals surface area contributed by atoms with Crippen molar-refractivity contribution < 1.29 is 19.4 Å². The largest absolute Gasteiger partial charge is 0.484 e. The summed E-state index contributed by atoms with van der Waals surface area (Å²) in [4.78, 5) is 24.2. The number of aliphatic carboxylic acids is 1. The highest BCUT2D eigenvalue weighted by Crippen LogP contribution is 2.18. The predicted octanol–water partition coefficient (Wildman–Crippen LogP) is 1.65. The van der Waals surface area contributed by atoms with Crippen LogP contribution in [0.1, 0.15) is 6.42 Å². The zero-order chi connectivity index (χ0) is 13.8. The normalized spacial score (nSPS) is 18.4. The molecule has 5 nitrogen and oxygen atoms in total. The van der Waals surface area contributed by atoms with Crippen molar-refractivity contribution in [2.45, 2.75) is 6.42 Å². The Morgan fingerprint density at radius 2 is 2.05 bits per heavy atom. The summed E-state index contributed by atoms with van der Waals surface area (Å²) in [7, 11) is 0. The lowest BCUT2D eigenvalue weighted by Crippen LogP contribution is -2.33. The van der Waals surface area contributed by atoms with Crippen molar-refractivity contribution >= 4 is 23.5 Å². The highest BCUT2D eigenvalue weighted by molar-refractivity contribution is 6.30. The summed E-state index contributed by atoms with van der Waals surface area (Å²) >= 11 is 5.74. The minimum atomic E-state index is -0.853. The minimum Gasteiger partial charge on any atom is -0.484 e. The Labute approximate surface area is 115 Å². The monoisotopic (exact) mass is 283 g/mol. The molecule has 102 valence electrons. The fraction of sp³-hybridized carbons (Fsp3) is 0.385. The van der Waals surface area contributed by atoms with Crippen molar-refractivity contribution in [3.05, 3.63) is 29.3 Å². The summed E-state index contributed by atoms with van der Waals surface area (Å²) in [6.45, 7) is 0.645. The van der Waals surface area contributed by atoms with Crippen LogP contribution in [0.4, 0.5) is 0 Å². The molecular formula is C13H14ClNO4. The Morgan fingerprint density at radius 1 is 1.37 bits per heavy atom. The van der Waals surface area contributed by atoms with Crippen LogP contribution in [0.25, 0.3) is 0 Å². The second-order valence-corrected chi connectivity index (χ2v) is 4.84. The molecule has 1 heterocycles. The lowest BCUT2D eigenvalue weighted by Gasteiger charge is -2.16. The number of carbonyl (C=O) groups is 2. The van der Waals surface area contributed by atoms with Gasteiger partial charge < -0.3 is 14.7 Å². The number of hydrogen-bond donors (Lipinski definition) is 1. The number of amides is 1. The third-order valence-corrected chi connectivity index (χ3v) is 3.32. The molecule has 0 aromatic heterocycles. The molecule has 1 aliphatic rings. The highest BCUT2D eigenvalue weighted by Gasteiger charge is 2.30. The third-order valence-electron chi connectivity index (χ3n) is 3.07. The summed E-state index contributed by atoms with van der Waals surface area (Å²) in [5.41, 5.74) is 0. The average Bonchev–Trinajstić information content (AvgIpc) is 2.87. The van der Waals surface area contributed by atoms with Crippen LogP contribution in [-0.4, -0.2) is 41.6 Å². The van der Waals surface area contributed by atoms with E-state index in [2.05, 4.69) is 0 Å². The number of hydrogen-bond acceptors (Lipinski definition) is 3. The Bertz CT molecular complexity index is 474. The number of carboxylic acids is 1. The van der Waals surface area contributed by atoms with Gasteiger partial charge in [0.15, 0.2) is 6.61 Å². The highest BCUT2D eigenvalue weighted by atomic mass is 35.5. The van der Waals surface area contributed by atoms with Gasteiger partial charge in [-0.05, 0) is 30.7 Å². The minimum absolute atomic E-state index is 0.0893. The van der Waals surface area contributed by atoms with Crippen LogP contribution >= 0.6 is 11.6 Å². The number of halogens is 1. The number of rotatable bonds is 4. The smallest absolute Gasteiger partial charge is 0.308 e. The molecule has 0 spiro atoms. The van der Waals surface area contributed by atoms with Gasteiger partial charge >= 0.3 is 5.97 Å². The maximum Gasteiger partial charge on any atom is 0.308 e. The maximum atomic E-state index is 11.8. The molecule has 1 amide bonds. The molecule has 1 aromatic rings. The van der Waals surface area contributed by atoms with Gasteiger partial charge in [-0.2, -0.15) is 0 Å². The van der Waals surface area contributed by atoms with Gasteiger partial charge in [0.2, 0.25) is 0 Å². The summed E-state index contributed by atoms with van der Waals surface area (Å²) in [6.07, 6.45) is 0.502. The molecule has 1 N–H and O–H groups in total. The molecule has 1 atom stereocenters. The number of carbonyl (C=O) groups excluding carboxylic acids is 1. The first kappa shape index (κ1) is 13.7. The number of benzene rings is 1. The standard InChI is InChI=1S/C13H14ClNO4/c14-10-1-3-11(4-2-10)19-8-12(16)15-6-5-9(7-15)13(17)18/h1-4,9H,5-8H2,(H,17,18). The SMILES string of the molecule is O=C(O)C1CCN(C(=O)COc2ccc(Cl)cc2)C1. The molecule has 1 aliphatic heterocycles. The summed E-state index contributed by atoms with van der Waals surface area (Å²) in [5.74, 6) is -0.946. The van der Waals surface area contributed by atoms with E-state index in [0.717, 1.165) is 0 Å². The van der Waals surface area contributed by atoms with Gasteiger partial charge in [-0.25, -0.2) is 0 Å². The van der Waals surface area contributed by atoms with Gasteiger partial charge in [0.25, 0.3) is 5.91 Å². The molecule has 6 heteroatoms. The second kappa shape index (κ2) is 5.93. The van der Waals surface area contributed by atoms with Crippen molar-refractivity contribution in [1.82, 2.24) is 4.90 Å². The second-order valence-electron chi connectivity index (χ2n) is 4.41. The van der Waals surface area contributed by atoms with E-state index >= 15 is 0 Å². The lowest BCUT2D eigenvalue weighted by molar-refractivity contribution is -0.141. The summed E-state index contributed by atoms with van der Waals surface area (Å²) in [6, 6.07) is 6.72. The van der Waals surface area contributed by atoms with Gasteiger partial charge in [-0.1, -0.05) is 11.6 Å². The van der Waals surface area contributed by atoms with E-state index in [-0.39, 0.29) is 19.1 Å². The van der Waals surface area contributed by atoms with Gasteiger partial charge in [0.1, 0.15) is 5.75 Å². The van der Waals surface area contributed by atoms with Crippen LogP contribution in [0, 0.1) is 5.92 Å². The molecular weight excluding hydrogens is 270 g/mol. The van der Waals surface area contributed by atoms with E-state index in [0.29, 0.717) is 23.7 Å². The molecule has 1 unspecified atom stereocenters. The first-order valence-electron chi connectivity index (χ1n) is 5.95. The summed E-state index contributed by atoms with van der Waals surface area (Å²) < 4.78 is 5.33. The number of ether oxygens (including phenoxy) is 1. The van der Waals surface area contributed by atoms with E-state index < -0.39 is 11.9 Å². The zero-order valence-corrected chi connectivity index (χ0v) is 11.0. The van der Waals surface area contributed by atoms with Gasteiger partial charge in [-0.15, -0.1) is 0 Å². The fourth-order valence-corrected chi connectivity index (χ4v) is 2.08. The molecule has 0 bridgehead atoms. The van der Waals surface area contributed by atoms with Crippen molar-refractivity contribution in [1.29, 1.82) is 0 Å². The molecule has 19 heavy (non-hydrogen) atoms. The molecule has 0 radical (unpaired) electrons. The van der Waals surface area contributed by atoms with E-state index in [1.54, 1.807) is 24.3 Å². The first-order valence-corrected chi connectivity index (χ1v) is 6.33. The molecule has 0 aliphatic carbocycles. The van der Waals surface area contributed by atoms with Crippen LogP contribution in [0.2, 0.25) is 5.02 Å². The van der Waals surface area contributed by atoms with E-state index in [4.69, 9.17) is 21.4 Å². The Hall–Kier alpha value is -1.75. The molecule has 0 saturated carbocycles. The average molecular weight is 284 g/mol. The van der Waals surface area contributed by atoms with Crippen molar-refractivity contribution in [3.63, 3.8) is 0 Å². The van der Waals surface area contributed by atoms with Crippen LogP contribution in [0.3, 0.4) is 0 Å². The quantitative estimate of drug-likeness (QED) is 0.912. The molecule has 1 aromatic carbocycles. The number of nitrogens with zero attached hydrogens (tertiary/aromatic N) is 1. The van der Waals surface area contributed by atoms with E-state index in [1.165, 1.54) is 4.90 Å². The van der Waals surface area contributed by atoms with Gasteiger partial charge in [0, 0.05) is 18.1 Å². The molecule has 2 rings (SSSR count).